The summed E-state index contributed by atoms with van der Waals surface area (Å²) < 4.78 is 0. The SMILES string of the molecule is CNCCC[C@@H](CNC(=O)[C@H](CCCCNC(=O)[C@@H](CCCNC)NC(=O)[C@@H]1Cc2cc(ccc2C)-c2ccc(O)c(c2)C[C@H](NC)C(=O)N[C@@H](CCCNC)C(=O)N1)NC)NC. The second-order valence-electron chi connectivity index (χ2n) is 16.5. The molecule has 4 bridgehead atoms. The molecule has 2 aromatic carbocycles. The molecule has 0 radical (unpaired) electrons. The Kier molecular flexibility index (Phi) is 24.2. The number of rotatable bonds is 26. The Hall–Kier alpha value is -4.65. The molecule has 5 amide bonds. The van der Waals surface area contributed by atoms with Crippen LogP contribution in [0.4, 0.5) is 0 Å². The summed E-state index contributed by atoms with van der Waals surface area (Å²) in [5, 5.41) is 44.4. The summed E-state index contributed by atoms with van der Waals surface area (Å²) in [6.45, 7) is 4.99. The summed E-state index contributed by atoms with van der Waals surface area (Å²) in [6.07, 6.45) is 6.00. The number of hydrogen-bond donors (Lipinski definition) is 12. The number of unbranched alkanes of at least 4 members (excludes halogenated alkanes) is 1. The van der Waals surface area contributed by atoms with E-state index in [4.69, 9.17) is 0 Å². The average Bonchev–Trinajstić information content (AvgIpc) is 3.27. The third-order valence-electron chi connectivity index (χ3n) is 11.8. The van der Waals surface area contributed by atoms with Crippen molar-refractivity contribution >= 4 is 29.5 Å². The lowest BCUT2D eigenvalue weighted by Crippen LogP contribution is -2.58. The number of aryl methyl sites for hydroxylation is 1. The van der Waals surface area contributed by atoms with Crippen LogP contribution in [0.5, 0.6) is 5.75 Å². The minimum absolute atomic E-state index is 0.0593. The van der Waals surface area contributed by atoms with Gasteiger partial charge in [0.15, 0.2) is 0 Å². The lowest BCUT2D eigenvalue weighted by molar-refractivity contribution is -0.134. The van der Waals surface area contributed by atoms with E-state index in [0.717, 1.165) is 41.6 Å². The Morgan fingerprint density at radius 1 is 0.683 bits per heavy atom. The Morgan fingerprint density at radius 2 is 1.32 bits per heavy atom. The van der Waals surface area contributed by atoms with Gasteiger partial charge in [-0.15, -0.1) is 0 Å². The van der Waals surface area contributed by atoms with Crippen molar-refractivity contribution in [1.82, 2.24) is 58.5 Å². The number of carbonyl (C=O) groups is 5. The molecule has 6 atom stereocenters. The van der Waals surface area contributed by atoms with Gasteiger partial charge >= 0.3 is 0 Å². The molecular weight excluding hydrogens is 803 g/mol. The van der Waals surface area contributed by atoms with Crippen LogP contribution in [0.3, 0.4) is 0 Å². The van der Waals surface area contributed by atoms with Crippen LogP contribution in [-0.4, -0.2) is 146 Å². The lowest BCUT2D eigenvalue weighted by Gasteiger charge is -2.27. The number of fused-ring (bicyclic) bond motifs is 5. The zero-order valence-electron chi connectivity index (χ0n) is 38.7. The smallest absolute Gasteiger partial charge is 0.243 e. The molecule has 0 aromatic heterocycles. The van der Waals surface area contributed by atoms with E-state index in [1.54, 1.807) is 20.2 Å². The lowest BCUT2D eigenvalue weighted by atomic mass is 9.93. The van der Waals surface area contributed by atoms with Gasteiger partial charge in [0.05, 0.1) is 12.1 Å². The van der Waals surface area contributed by atoms with Gasteiger partial charge in [-0.05, 0) is 167 Å². The fourth-order valence-electron chi connectivity index (χ4n) is 7.73. The van der Waals surface area contributed by atoms with E-state index in [0.29, 0.717) is 76.7 Å². The van der Waals surface area contributed by atoms with Crippen LogP contribution in [0.1, 0.15) is 74.5 Å². The first kappa shape index (κ1) is 52.7. The second-order valence-corrected chi connectivity index (χ2v) is 16.5. The van der Waals surface area contributed by atoms with E-state index in [1.165, 1.54) is 0 Å². The van der Waals surface area contributed by atoms with Crippen molar-refractivity contribution in [1.29, 1.82) is 0 Å². The molecule has 12 N–H and O–H groups in total. The standard InChI is InChI=1S/C46H77N11O6/c1-30-17-18-31-25-33(30)27-40(57-44(61)38(16-12-23-49-4)56-45(62)39(52-7)28-34-26-32(31)19-20-41(34)58)46(63)55-37(15-11-22-48-3)43(60)53-24-9-8-14-36(51-6)42(59)54-29-35(50-5)13-10-21-47-2/h17-20,25-26,35-40,47-52,58H,8-16,21-24,27-29H2,1-7H3,(H,53,60)(H,54,59)(H,55,63)(H,56,62)(H,57,61)/t35-,36-,37+,38-,39-,40-/m0/s1. The molecule has 63 heavy (non-hydrogen) atoms. The molecular formula is C46H77N11O6. The molecule has 1 aliphatic rings. The third kappa shape index (κ3) is 17.8. The summed E-state index contributed by atoms with van der Waals surface area (Å²) in [4.78, 5) is 69.1. The van der Waals surface area contributed by atoms with Gasteiger partial charge in [-0.2, -0.15) is 0 Å². The van der Waals surface area contributed by atoms with E-state index in [9.17, 15) is 29.1 Å². The number of hydrogen-bond acceptors (Lipinski definition) is 12. The molecule has 0 saturated carbocycles. The Morgan fingerprint density at radius 3 is 1.98 bits per heavy atom. The minimum atomic E-state index is -1.09. The Bertz CT molecular complexity index is 1750. The maximum absolute atomic E-state index is 14.4. The van der Waals surface area contributed by atoms with Crippen LogP contribution in [0.2, 0.25) is 0 Å². The third-order valence-corrected chi connectivity index (χ3v) is 11.8. The molecule has 1 aliphatic heterocycles. The summed E-state index contributed by atoms with van der Waals surface area (Å²) in [6, 6.07) is 7.31. The highest BCUT2D eigenvalue weighted by Crippen LogP contribution is 2.29. The molecule has 0 saturated heterocycles. The van der Waals surface area contributed by atoms with Gasteiger partial charge in [0.1, 0.15) is 23.9 Å². The van der Waals surface area contributed by atoms with Gasteiger partial charge in [0.25, 0.3) is 0 Å². The summed E-state index contributed by atoms with van der Waals surface area (Å²) >= 11 is 0. The van der Waals surface area contributed by atoms with E-state index in [1.807, 2.05) is 65.4 Å². The average molecular weight is 880 g/mol. The van der Waals surface area contributed by atoms with Crippen LogP contribution in [0.25, 0.3) is 11.1 Å². The molecule has 0 unspecified atom stereocenters. The Balaban J connectivity index is 1.80. The maximum Gasteiger partial charge on any atom is 0.243 e. The topological polar surface area (TPSA) is 238 Å². The molecule has 352 valence electrons. The first-order valence-corrected chi connectivity index (χ1v) is 22.7. The zero-order chi connectivity index (χ0) is 46.1. The molecule has 17 nitrogen and oxygen atoms in total. The van der Waals surface area contributed by atoms with Gasteiger partial charge in [-0.1, -0.05) is 24.3 Å². The van der Waals surface area contributed by atoms with Crippen molar-refractivity contribution in [2.24, 2.45) is 0 Å². The predicted molar refractivity (Wildman–Crippen MR) is 249 cm³/mol. The van der Waals surface area contributed by atoms with Gasteiger partial charge in [-0.3, -0.25) is 24.0 Å². The first-order chi connectivity index (χ1) is 30.4. The summed E-state index contributed by atoms with van der Waals surface area (Å²) in [5.74, 6) is -1.79. The molecule has 0 aliphatic carbocycles. The van der Waals surface area contributed by atoms with E-state index >= 15 is 0 Å². The first-order valence-electron chi connectivity index (χ1n) is 22.7. The molecule has 3 rings (SSSR count). The number of phenolic OH excluding ortho intramolecular Hbond substituents is 1. The van der Waals surface area contributed by atoms with Crippen molar-refractivity contribution < 1.29 is 29.1 Å². The number of phenols is 1. The fraction of sp³-hybridized carbons (Fsp3) is 0.630. The van der Waals surface area contributed by atoms with Gasteiger partial charge in [-0.25, -0.2) is 0 Å². The predicted octanol–water partition coefficient (Wildman–Crippen LogP) is 0.0861. The van der Waals surface area contributed by atoms with E-state index < -0.39 is 41.9 Å². The van der Waals surface area contributed by atoms with E-state index in [-0.39, 0.29) is 42.5 Å². The van der Waals surface area contributed by atoms with Crippen molar-refractivity contribution in [2.45, 2.75) is 114 Å². The highest BCUT2D eigenvalue weighted by atomic mass is 16.3. The fourth-order valence-corrected chi connectivity index (χ4v) is 7.73. The normalized spacial score (nSPS) is 18.2. The maximum atomic E-state index is 14.4. The van der Waals surface area contributed by atoms with Crippen molar-refractivity contribution in [3.05, 3.63) is 53.1 Å². The molecule has 0 fully saturated rings. The number of amides is 5. The zero-order valence-corrected chi connectivity index (χ0v) is 38.7. The summed E-state index contributed by atoms with van der Waals surface area (Å²) in [7, 11) is 10.9. The van der Waals surface area contributed by atoms with Gasteiger partial charge < -0.3 is 63.6 Å². The number of nitrogens with one attached hydrogen (secondary N) is 11. The van der Waals surface area contributed by atoms with Crippen molar-refractivity contribution in [2.75, 3.05) is 75.0 Å². The largest absolute Gasteiger partial charge is 0.508 e. The number of benzene rings is 2. The summed E-state index contributed by atoms with van der Waals surface area (Å²) in [5.41, 5.74) is 3.97. The van der Waals surface area contributed by atoms with Crippen molar-refractivity contribution in [3.63, 3.8) is 0 Å². The highest BCUT2D eigenvalue weighted by molar-refractivity contribution is 5.95. The van der Waals surface area contributed by atoms with Crippen LogP contribution in [0.15, 0.2) is 36.4 Å². The minimum Gasteiger partial charge on any atom is -0.508 e. The molecule has 0 spiro atoms. The number of aromatic hydroxyl groups is 1. The van der Waals surface area contributed by atoms with Crippen LogP contribution < -0.4 is 58.5 Å². The van der Waals surface area contributed by atoms with Crippen LogP contribution >= 0.6 is 0 Å². The monoisotopic (exact) mass is 880 g/mol. The second kappa shape index (κ2) is 28.9. The van der Waals surface area contributed by atoms with Crippen molar-refractivity contribution in [3.8, 4) is 16.9 Å². The number of likely N-dealkylation sites (N-methyl/N-ethyl adjacent to an activating group) is 3. The number of carbonyl (C=O) groups excluding carboxylic acids is 5. The quantitative estimate of drug-likeness (QED) is 0.0564. The van der Waals surface area contributed by atoms with Gasteiger partial charge in [0.2, 0.25) is 29.5 Å². The highest BCUT2D eigenvalue weighted by Gasteiger charge is 2.32. The van der Waals surface area contributed by atoms with Gasteiger partial charge in [0, 0.05) is 32.0 Å². The van der Waals surface area contributed by atoms with Crippen LogP contribution in [-0.2, 0) is 36.8 Å². The molecule has 2 aromatic rings. The molecule has 17 heteroatoms. The van der Waals surface area contributed by atoms with E-state index in [2.05, 4.69) is 58.5 Å². The van der Waals surface area contributed by atoms with Crippen LogP contribution in [0, 0.1) is 6.92 Å². The molecule has 1 heterocycles. The Labute approximate surface area is 375 Å².